The highest BCUT2D eigenvalue weighted by Crippen LogP contribution is 2.38. The number of halogens is 3. The van der Waals surface area contributed by atoms with E-state index in [0.717, 1.165) is 12.8 Å². The zero-order valence-corrected chi connectivity index (χ0v) is 11.4. The second-order valence-electron chi connectivity index (χ2n) is 5.70. The van der Waals surface area contributed by atoms with Crippen LogP contribution in [-0.2, 0) is 4.74 Å². The minimum Gasteiger partial charge on any atom is -0.364 e. The average Bonchev–Trinajstić information content (AvgIpc) is 2.27. The van der Waals surface area contributed by atoms with Crippen LogP contribution in [0, 0.1) is 11.8 Å². The fourth-order valence-electron chi connectivity index (χ4n) is 2.76. The number of hydrogen-bond acceptors (Lipinski definition) is 2. The molecule has 1 aliphatic rings. The molecular formula is C13H24F3NO. The molecule has 0 heterocycles. The molecule has 1 saturated carbocycles. The van der Waals surface area contributed by atoms with Gasteiger partial charge in [0.1, 0.15) is 6.61 Å². The van der Waals surface area contributed by atoms with Gasteiger partial charge in [-0.15, -0.1) is 0 Å². The Hall–Kier alpha value is -0.290. The Balaban J connectivity index is 2.55. The minimum absolute atomic E-state index is 0.494. The molecule has 0 aromatic rings. The maximum Gasteiger partial charge on any atom is 0.411 e. The van der Waals surface area contributed by atoms with E-state index in [0.29, 0.717) is 31.2 Å². The predicted octanol–water partition coefficient (Wildman–Crippen LogP) is 3.37. The van der Waals surface area contributed by atoms with Crippen molar-refractivity contribution in [2.24, 2.45) is 11.8 Å². The second-order valence-corrected chi connectivity index (χ2v) is 5.70. The molecule has 2 nitrogen and oxygen atoms in total. The first-order valence-corrected chi connectivity index (χ1v) is 6.63. The molecule has 0 radical (unpaired) electrons. The molecule has 0 amide bonds. The highest BCUT2D eigenvalue weighted by atomic mass is 19.4. The number of alkyl halides is 3. The number of nitrogens with one attached hydrogen (secondary N) is 1. The van der Waals surface area contributed by atoms with Gasteiger partial charge in [-0.2, -0.15) is 13.2 Å². The Morgan fingerprint density at radius 2 is 1.83 bits per heavy atom. The SMILES string of the molecule is CNCC1(OCC(F)(F)F)CCC(C(C)C)CC1. The predicted molar refractivity (Wildman–Crippen MR) is 65.5 cm³/mol. The highest BCUT2D eigenvalue weighted by molar-refractivity contribution is 4.90. The summed E-state index contributed by atoms with van der Waals surface area (Å²) in [4.78, 5) is 0. The van der Waals surface area contributed by atoms with Crippen molar-refractivity contribution in [2.75, 3.05) is 20.2 Å². The molecule has 1 rings (SSSR count). The van der Waals surface area contributed by atoms with Crippen molar-refractivity contribution in [1.82, 2.24) is 5.32 Å². The van der Waals surface area contributed by atoms with E-state index in [2.05, 4.69) is 19.2 Å². The summed E-state index contributed by atoms with van der Waals surface area (Å²) in [7, 11) is 1.76. The van der Waals surface area contributed by atoms with E-state index in [-0.39, 0.29) is 0 Å². The lowest BCUT2D eigenvalue weighted by Gasteiger charge is -2.41. The van der Waals surface area contributed by atoms with Gasteiger partial charge in [-0.3, -0.25) is 0 Å². The quantitative estimate of drug-likeness (QED) is 0.824. The summed E-state index contributed by atoms with van der Waals surface area (Å²) in [5.74, 6) is 1.21. The van der Waals surface area contributed by atoms with Gasteiger partial charge in [0, 0.05) is 6.54 Å². The molecule has 0 aromatic heterocycles. The monoisotopic (exact) mass is 267 g/mol. The van der Waals surface area contributed by atoms with Crippen molar-refractivity contribution in [3.63, 3.8) is 0 Å². The van der Waals surface area contributed by atoms with Crippen molar-refractivity contribution >= 4 is 0 Å². The van der Waals surface area contributed by atoms with Gasteiger partial charge in [0.25, 0.3) is 0 Å². The van der Waals surface area contributed by atoms with Crippen molar-refractivity contribution in [1.29, 1.82) is 0 Å². The Labute approximate surface area is 107 Å². The third-order valence-electron chi connectivity index (χ3n) is 3.93. The normalized spacial score (nSPS) is 29.8. The third-order valence-corrected chi connectivity index (χ3v) is 3.93. The van der Waals surface area contributed by atoms with Crippen LogP contribution in [0.4, 0.5) is 13.2 Å². The van der Waals surface area contributed by atoms with E-state index in [4.69, 9.17) is 4.74 Å². The average molecular weight is 267 g/mol. The molecule has 0 aromatic carbocycles. The molecule has 0 spiro atoms. The van der Waals surface area contributed by atoms with E-state index in [1.807, 2.05) is 0 Å². The van der Waals surface area contributed by atoms with E-state index >= 15 is 0 Å². The van der Waals surface area contributed by atoms with Crippen molar-refractivity contribution in [2.45, 2.75) is 51.3 Å². The first-order valence-electron chi connectivity index (χ1n) is 6.63. The van der Waals surface area contributed by atoms with Crippen LogP contribution < -0.4 is 5.32 Å². The van der Waals surface area contributed by atoms with Gasteiger partial charge < -0.3 is 10.1 Å². The topological polar surface area (TPSA) is 21.3 Å². The summed E-state index contributed by atoms with van der Waals surface area (Å²) < 4.78 is 42.1. The molecule has 5 heteroatoms. The van der Waals surface area contributed by atoms with E-state index < -0.39 is 18.4 Å². The number of hydrogen-bond donors (Lipinski definition) is 1. The molecule has 1 aliphatic carbocycles. The van der Waals surface area contributed by atoms with Crippen LogP contribution in [0.15, 0.2) is 0 Å². The molecular weight excluding hydrogens is 243 g/mol. The lowest BCUT2D eigenvalue weighted by atomic mass is 9.74. The lowest BCUT2D eigenvalue weighted by molar-refractivity contribution is -0.211. The first-order chi connectivity index (χ1) is 8.28. The smallest absolute Gasteiger partial charge is 0.364 e. The summed E-state index contributed by atoms with van der Waals surface area (Å²) in [6, 6.07) is 0. The maximum absolute atomic E-state index is 12.3. The van der Waals surface area contributed by atoms with Crippen molar-refractivity contribution in [3.05, 3.63) is 0 Å². The fraction of sp³-hybridized carbons (Fsp3) is 1.00. The Kier molecular flexibility index (Phi) is 5.46. The second kappa shape index (κ2) is 6.24. The molecule has 1 fully saturated rings. The third kappa shape index (κ3) is 4.76. The van der Waals surface area contributed by atoms with Crippen LogP contribution in [0.1, 0.15) is 39.5 Å². The number of rotatable bonds is 5. The Bertz CT molecular complexity index is 245. The highest BCUT2D eigenvalue weighted by Gasteiger charge is 2.40. The van der Waals surface area contributed by atoms with Gasteiger partial charge in [0.15, 0.2) is 0 Å². The van der Waals surface area contributed by atoms with Gasteiger partial charge in [0.2, 0.25) is 0 Å². The van der Waals surface area contributed by atoms with Crippen LogP contribution in [0.5, 0.6) is 0 Å². The molecule has 18 heavy (non-hydrogen) atoms. The summed E-state index contributed by atoms with van der Waals surface area (Å²) in [6.45, 7) is 3.70. The summed E-state index contributed by atoms with van der Waals surface area (Å²) in [5, 5.41) is 2.97. The number of likely N-dealkylation sites (N-methyl/N-ethyl adjacent to an activating group) is 1. The van der Waals surface area contributed by atoms with Gasteiger partial charge in [0.05, 0.1) is 5.60 Å². The van der Waals surface area contributed by atoms with Crippen LogP contribution in [0.25, 0.3) is 0 Å². The summed E-state index contributed by atoms with van der Waals surface area (Å²) >= 11 is 0. The van der Waals surface area contributed by atoms with E-state index in [1.165, 1.54) is 0 Å². The van der Waals surface area contributed by atoms with Crippen LogP contribution in [-0.4, -0.2) is 32.0 Å². The molecule has 0 atom stereocenters. The lowest BCUT2D eigenvalue weighted by Crippen LogP contribution is -2.47. The molecule has 108 valence electrons. The standard InChI is InChI=1S/C13H24F3NO/c1-10(2)11-4-6-12(7-5-11,8-17-3)18-9-13(14,15)16/h10-11,17H,4-9H2,1-3H3. The largest absolute Gasteiger partial charge is 0.411 e. The molecule has 0 aliphatic heterocycles. The zero-order chi connectivity index (χ0) is 13.8. The maximum atomic E-state index is 12.3. The van der Waals surface area contributed by atoms with E-state index in [1.54, 1.807) is 7.05 Å². The van der Waals surface area contributed by atoms with Gasteiger partial charge in [-0.05, 0) is 44.6 Å². The molecule has 0 saturated heterocycles. The number of ether oxygens (including phenoxy) is 1. The Morgan fingerprint density at radius 1 is 1.28 bits per heavy atom. The Morgan fingerprint density at radius 3 is 2.22 bits per heavy atom. The summed E-state index contributed by atoms with van der Waals surface area (Å²) in [6.07, 6.45) is -0.899. The van der Waals surface area contributed by atoms with Crippen LogP contribution >= 0.6 is 0 Å². The van der Waals surface area contributed by atoms with Crippen molar-refractivity contribution in [3.8, 4) is 0 Å². The fourth-order valence-corrected chi connectivity index (χ4v) is 2.76. The van der Waals surface area contributed by atoms with Crippen LogP contribution in [0.3, 0.4) is 0 Å². The molecule has 0 unspecified atom stereocenters. The van der Waals surface area contributed by atoms with Gasteiger partial charge >= 0.3 is 6.18 Å². The van der Waals surface area contributed by atoms with Crippen molar-refractivity contribution < 1.29 is 17.9 Å². The molecule has 1 N–H and O–H groups in total. The minimum atomic E-state index is -4.24. The molecule has 0 bridgehead atoms. The first kappa shape index (κ1) is 15.8. The summed E-state index contributed by atoms with van der Waals surface area (Å²) in [5.41, 5.74) is -0.629. The zero-order valence-electron chi connectivity index (χ0n) is 11.4. The van der Waals surface area contributed by atoms with Crippen LogP contribution in [0.2, 0.25) is 0 Å². The van der Waals surface area contributed by atoms with E-state index in [9.17, 15) is 13.2 Å². The van der Waals surface area contributed by atoms with Gasteiger partial charge in [-0.25, -0.2) is 0 Å². The van der Waals surface area contributed by atoms with Gasteiger partial charge in [-0.1, -0.05) is 13.8 Å².